The lowest BCUT2D eigenvalue weighted by Gasteiger charge is -2.10. The topological polar surface area (TPSA) is 60.1 Å². The second-order valence-corrected chi connectivity index (χ2v) is 5.28. The highest BCUT2D eigenvalue weighted by Crippen LogP contribution is 2.22. The van der Waals surface area contributed by atoms with Gasteiger partial charge in [0.05, 0.1) is 29.5 Å². The Labute approximate surface area is 128 Å². The molecule has 1 amide bonds. The number of aromatic nitrogens is 2. The van der Waals surface area contributed by atoms with Crippen molar-refractivity contribution in [2.24, 2.45) is 0 Å². The molecule has 1 N–H and O–H groups in total. The zero-order chi connectivity index (χ0) is 15.7. The summed E-state index contributed by atoms with van der Waals surface area (Å²) in [5.41, 5.74) is 4.84. The van der Waals surface area contributed by atoms with Crippen LogP contribution in [-0.2, 0) is 0 Å². The van der Waals surface area contributed by atoms with Crippen LogP contribution in [0.25, 0.3) is 5.69 Å². The highest BCUT2D eigenvalue weighted by Gasteiger charge is 2.14. The summed E-state index contributed by atoms with van der Waals surface area (Å²) in [6.07, 6.45) is 3.12. The molecule has 0 aliphatic heterocycles. The van der Waals surface area contributed by atoms with E-state index in [9.17, 15) is 4.79 Å². The summed E-state index contributed by atoms with van der Waals surface area (Å²) in [6, 6.07) is 9.51. The maximum Gasteiger partial charge on any atom is 0.291 e. The minimum Gasteiger partial charge on any atom is -0.459 e. The summed E-state index contributed by atoms with van der Waals surface area (Å²) in [7, 11) is 0. The first-order chi connectivity index (χ1) is 10.6. The number of amides is 1. The van der Waals surface area contributed by atoms with E-state index in [1.54, 1.807) is 18.3 Å². The average molecular weight is 295 g/mol. The number of carbonyl (C=O) groups is 1. The van der Waals surface area contributed by atoms with Crippen molar-refractivity contribution in [2.75, 3.05) is 5.32 Å². The molecular formula is C17H17N3O2. The van der Waals surface area contributed by atoms with Crippen molar-refractivity contribution >= 4 is 11.6 Å². The van der Waals surface area contributed by atoms with Gasteiger partial charge in [0.25, 0.3) is 5.91 Å². The van der Waals surface area contributed by atoms with Crippen LogP contribution in [0.2, 0.25) is 0 Å². The first kappa shape index (κ1) is 14.1. The van der Waals surface area contributed by atoms with Crippen LogP contribution in [0.5, 0.6) is 0 Å². The van der Waals surface area contributed by atoms with E-state index < -0.39 is 0 Å². The molecule has 0 spiro atoms. The van der Waals surface area contributed by atoms with Crippen LogP contribution in [0.3, 0.4) is 0 Å². The lowest BCUT2D eigenvalue weighted by molar-refractivity contribution is 0.0996. The van der Waals surface area contributed by atoms with E-state index in [-0.39, 0.29) is 11.7 Å². The minimum atomic E-state index is -0.284. The molecule has 2 heterocycles. The van der Waals surface area contributed by atoms with Gasteiger partial charge >= 0.3 is 0 Å². The number of hydrogen-bond acceptors (Lipinski definition) is 3. The van der Waals surface area contributed by atoms with E-state index in [4.69, 9.17) is 4.42 Å². The summed E-state index contributed by atoms with van der Waals surface area (Å²) < 4.78 is 6.93. The predicted octanol–water partition coefficient (Wildman–Crippen LogP) is 3.64. The van der Waals surface area contributed by atoms with E-state index in [2.05, 4.69) is 28.6 Å². The first-order valence-electron chi connectivity index (χ1n) is 7.03. The molecule has 0 saturated heterocycles. The maximum absolute atomic E-state index is 12.1. The molecular weight excluding hydrogens is 278 g/mol. The van der Waals surface area contributed by atoms with E-state index in [1.807, 2.05) is 25.5 Å². The lowest BCUT2D eigenvalue weighted by atomic mass is 10.1. The number of aryl methyl sites for hydroxylation is 2. The molecule has 0 aliphatic carbocycles. The highest BCUT2D eigenvalue weighted by molar-refractivity contribution is 6.02. The van der Waals surface area contributed by atoms with Gasteiger partial charge in [-0.2, -0.15) is 5.10 Å². The van der Waals surface area contributed by atoms with E-state index in [0.717, 1.165) is 22.5 Å². The summed E-state index contributed by atoms with van der Waals surface area (Å²) >= 11 is 0. The number of hydrogen-bond donors (Lipinski definition) is 1. The molecule has 0 bridgehead atoms. The van der Waals surface area contributed by atoms with E-state index >= 15 is 0 Å². The van der Waals surface area contributed by atoms with Crippen LogP contribution in [0.1, 0.15) is 27.4 Å². The van der Waals surface area contributed by atoms with Crippen molar-refractivity contribution < 1.29 is 9.21 Å². The van der Waals surface area contributed by atoms with Gasteiger partial charge < -0.3 is 9.73 Å². The number of anilines is 1. The van der Waals surface area contributed by atoms with Crippen LogP contribution < -0.4 is 5.32 Å². The monoisotopic (exact) mass is 295 g/mol. The van der Waals surface area contributed by atoms with Crippen LogP contribution in [0.4, 0.5) is 5.69 Å². The Bertz CT molecular complexity index is 817. The zero-order valence-corrected chi connectivity index (χ0v) is 12.8. The molecule has 0 radical (unpaired) electrons. The molecule has 22 heavy (non-hydrogen) atoms. The van der Waals surface area contributed by atoms with Crippen molar-refractivity contribution in [1.29, 1.82) is 0 Å². The third-order valence-corrected chi connectivity index (χ3v) is 3.60. The summed E-state index contributed by atoms with van der Waals surface area (Å²) in [6.45, 7) is 6.00. The Balaban J connectivity index is 1.92. The van der Waals surface area contributed by atoms with Crippen molar-refractivity contribution in [3.8, 4) is 5.69 Å². The molecule has 2 aromatic heterocycles. The summed E-state index contributed by atoms with van der Waals surface area (Å²) in [5.74, 6) is -0.00694. The average Bonchev–Trinajstić information content (AvgIpc) is 3.13. The van der Waals surface area contributed by atoms with Crippen LogP contribution in [0, 0.1) is 20.8 Å². The van der Waals surface area contributed by atoms with Gasteiger partial charge in [-0.1, -0.05) is 12.1 Å². The van der Waals surface area contributed by atoms with E-state index in [1.165, 1.54) is 6.26 Å². The number of carbonyl (C=O) groups excluding carboxylic acids is 1. The van der Waals surface area contributed by atoms with Crippen LogP contribution >= 0.6 is 0 Å². The second-order valence-electron chi connectivity index (χ2n) is 5.28. The second kappa shape index (κ2) is 5.52. The summed E-state index contributed by atoms with van der Waals surface area (Å²) in [5, 5.41) is 7.21. The van der Waals surface area contributed by atoms with Gasteiger partial charge in [-0.25, -0.2) is 4.68 Å². The molecule has 5 nitrogen and oxygen atoms in total. The van der Waals surface area contributed by atoms with Gasteiger partial charge in [-0.05, 0) is 50.1 Å². The predicted molar refractivity (Wildman–Crippen MR) is 84.4 cm³/mol. The Morgan fingerprint density at radius 2 is 2.05 bits per heavy atom. The molecule has 0 saturated carbocycles. The Hall–Kier alpha value is -2.82. The summed E-state index contributed by atoms with van der Waals surface area (Å²) in [4.78, 5) is 12.1. The van der Waals surface area contributed by atoms with Crippen LogP contribution in [-0.4, -0.2) is 15.7 Å². The third-order valence-electron chi connectivity index (χ3n) is 3.60. The van der Waals surface area contributed by atoms with Crippen molar-refractivity contribution in [3.63, 3.8) is 0 Å². The third kappa shape index (κ3) is 2.53. The Kier molecular flexibility index (Phi) is 3.55. The molecule has 3 rings (SSSR count). The quantitative estimate of drug-likeness (QED) is 0.802. The van der Waals surface area contributed by atoms with Gasteiger partial charge in [-0.15, -0.1) is 0 Å². The largest absolute Gasteiger partial charge is 0.459 e. The smallest absolute Gasteiger partial charge is 0.291 e. The molecule has 112 valence electrons. The molecule has 0 atom stereocenters. The van der Waals surface area contributed by atoms with Crippen molar-refractivity contribution in [2.45, 2.75) is 20.8 Å². The first-order valence-corrected chi connectivity index (χ1v) is 7.03. The number of rotatable bonds is 3. The number of furan rings is 1. The number of nitrogens with one attached hydrogen (secondary N) is 1. The van der Waals surface area contributed by atoms with Gasteiger partial charge in [0.1, 0.15) is 0 Å². The normalized spacial score (nSPS) is 10.7. The number of benzene rings is 1. The lowest BCUT2D eigenvalue weighted by Crippen LogP contribution is -2.11. The fraction of sp³-hybridized carbons (Fsp3) is 0.176. The van der Waals surface area contributed by atoms with Gasteiger partial charge in [0, 0.05) is 0 Å². The van der Waals surface area contributed by atoms with Crippen molar-refractivity contribution in [1.82, 2.24) is 9.78 Å². The molecule has 5 heteroatoms. The van der Waals surface area contributed by atoms with E-state index in [0.29, 0.717) is 5.69 Å². The fourth-order valence-electron chi connectivity index (χ4n) is 2.31. The maximum atomic E-state index is 12.1. The standard InChI is InChI=1S/C17H17N3O2/c1-11-6-7-12(2)15(9-11)20-13(3)14(10-18-20)19-17(21)16-5-4-8-22-16/h4-10H,1-3H3,(H,19,21). The zero-order valence-electron chi connectivity index (χ0n) is 12.8. The minimum absolute atomic E-state index is 0.277. The highest BCUT2D eigenvalue weighted by atomic mass is 16.3. The van der Waals surface area contributed by atoms with Gasteiger partial charge in [-0.3, -0.25) is 4.79 Å². The molecule has 1 aromatic carbocycles. The Morgan fingerprint density at radius 1 is 1.23 bits per heavy atom. The SMILES string of the molecule is Cc1ccc(C)c(-n2ncc(NC(=O)c3ccco3)c2C)c1. The molecule has 0 aliphatic rings. The number of nitrogens with zero attached hydrogens (tertiary/aromatic N) is 2. The molecule has 0 fully saturated rings. The molecule has 3 aromatic rings. The van der Waals surface area contributed by atoms with Crippen molar-refractivity contribution in [3.05, 3.63) is 65.4 Å². The van der Waals surface area contributed by atoms with Gasteiger partial charge in [0.2, 0.25) is 0 Å². The Morgan fingerprint density at radius 3 is 2.77 bits per heavy atom. The van der Waals surface area contributed by atoms with Crippen LogP contribution in [0.15, 0.2) is 47.2 Å². The molecule has 0 unspecified atom stereocenters. The fourth-order valence-corrected chi connectivity index (χ4v) is 2.31. The van der Waals surface area contributed by atoms with Gasteiger partial charge in [0.15, 0.2) is 5.76 Å².